The minimum absolute atomic E-state index is 0.0745. The summed E-state index contributed by atoms with van der Waals surface area (Å²) in [6, 6.07) is 15.1. The number of amides is 1. The van der Waals surface area contributed by atoms with Crippen molar-refractivity contribution in [3.05, 3.63) is 82.9 Å². The highest BCUT2D eigenvalue weighted by atomic mass is 16.3. The zero-order chi connectivity index (χ0) is 19.7. The van der Waals surface area contributed by atoms with Gasteiger partial charge in [-0.15, -0.1) is 0 Å². The first kappa shape index (κ1) is 17.9. The second-order valence-corrected chi connectivity index (χ2v) is 6.99. The first-order valence-electron chi connectivity index (χ1n) is 9.04. The molecule has 2 aromatic heterocycles. The monoisotopic (exact) mass is 375 g/mol. The van der Waals surface area contributed by atoms with Crippen molar-refractivity contribution in [1.82, 2.24) is 15.1 Å². The molecule has 0 radical (unpaired) electrons. The summed E-state index contributed by atoms with van der Waals surface area (Å²) in [6.07, 6.45) is 2.21. The molecule has 0 spiro atoms. The molecule has 0 aliphatic carbocycles. The molecule has 4 rings (SSSR count). The van der Waals surface area contributed by atoms with E-state index in [2.05, 4.69) is 35.3 Å². The van der Waals surface area contributed by atoms with E-state index in [1.54, 1.807) is 31.5 Å². The summed E-state index contributed by atoms with van der Waals surface area (Å²) in [5.74, 6) is 0.327. The smallest absolute Gasteiger partial charge is 0.257 e. The van der Waals surface area contributed by atoms with Crippen LogP contribution >= 0.6 is 0 Å². The summed E-state index contributed by atoms with van der Waals surface area (Å²) in [7, 11) is 1.68. The van der Waals surface area contributed by atoms with Crippen molar-refractivity contribution in [2.75, 3.05) is 7.05 Å². The SMILES string of the molecule is Cc1cccc(Cc2n[nH]c3cc(O)c(C(=O)N(C)Cc4ccco4)cc23)c1. The van der Waals surface area contributed by atoms with E-state index >= 15 is 0 Å². The van der Waals surface area contributed by atoms with Crippen molar-refractivity contribution in [2.24, 2.45) is 0 Å². The molecule has 0 unspecified atom stereocenters. The quantitative estimate of drug-likeness (QED) is 0.552. The average molecular weight is 375 g/mol. The maximum Gasteiger partial charge on any atom is 0.257 e. The average Bonchev–Trinajstić information content (AvgIpc) is 3.30. The number of aromatic nitrogens is 2. The molecule has 142 valence electrons. The molecule has 6 heteroatoms. The van der Waals surface area contributed by atoms with Gasteiger partial charge in [-0.05, 0) is 30.7 Å². The predicted octanol–water partition coefficient (Wildman–Crippen LogP) is 4.03. The Balaban J connectivity index is 1.65. The van der Waals surface area contributed by atoms with Crippen LogP contribution in [0.5, 0.6) is 5.75 Å². The number of nitrogens with one attached hydrogen (secondary N) is 1. The third-order valence-corrected chi connectivity index (χ3v) is 4.76. The van der Waals surface area contributed by atoms with Gasteiger partial charge in [0.25, 0.3) is 5.91 Å². The van der Waals surface area contributed by atoms with E-state index in [9.17, 15) is 9.90 Å². The molecule has 0 bridgehead atoms. The zero-order valence-electron chi connectivity index (χ0n) is 15.8. The highest BCUT2D eigenvalue weighted by Crippen LogP contribution is 2.28. The minimum Gasteiger partial charge on any atom is -0.507 e. The summed E-state index contributed by atoms with van der Waals surface area (Å²) in [6.45, 7) is 2.38. The lowest BCUT2D eigenvalue weighted by Crippen LogP contribution is -2.26. The van der Waals surface area contributed by atoms with Gasteiger partial charge in [0, 0.05) is 24.9 Å². The molecule has 0 aliphatic rings. The van der Waals surface area contributed by atoms with Gasteiger partial charge >= 0.3 is 0 Å². The highest BCUT2D eigenvalue weighted by molar-refractivity contribution is 6.01. The Morgan fingerprint density at radius 3 is 2.82 bits per heavy atom. The van der Waals surface area contributed by atoms with Gasteiger partial charge in [0.05, 0.1) is 29.6 Å². The molecule has 2 heterocycles. The molecular formula is C22H21N3O3. The van der Waals surface area contributed by atoms with Crippen LogP contribution in [0.15, 0.2) is 59.2 Å². The van der Waals surface area contributed by atoms with Crippen LogP contribution in [0.3, 0.4) is 0 Å². The first-order valence-corrected chi connectivity index (χ1v) is 9.04. The van der Waals surface area contributed by atoms with Crippen molar-refractivity contribution in [3.8, 4) is 5.75 Å². The number of phenolic OH excluding ortho intramolecular Hbond substituents is 1. The summed E-state index contributed by atoms with van der Waals surface area (Å²) in [4.78, 5) is 14.4. The minimum atomic E-state index is -0.279. The van der Waals surface area contributed by atoms with Gasteiger partial charge in [-0.3, -0.25) is 9.89 Å². The molecule has 4 aromatic rings. The number of aryl methyl sites for hydroxylation is 1. The van der Waals surface area contributed by atoms with Gasteiger partial charge < -0.3 is 14.4 Å². The van der Waals surface area contributed by atoms with Gasteiger partial charge in [0.15, 0.2) is 0 Å². The number of hydrogen-bond donors (Lipinski definition) is 2. The third kappa shape index (κ3) is 3.49. The van der Waals surface area contributed by atoms with Crippen LogP contribution in [0.4, 0.5) is 0 Å². The predicted molar refractivity (Wildman–Crippen MR) is 106 cm³/mol. The maximum atomic E-state index is 12.9. The zero-order valence-corrected chi connectivity index (χ0v) is 15.8. The van der Waals surface area contributed by atoms with Gasteiger partial charge in [-0.25, -0.2) is 0 Å². The molecule has 1 amide bonds. The maximum absolute atomic E-state index is 12.9. The summed E-state index contributed by atoms with van der Waals surface area (Å²) in [5, 5.41) is 18.5. The lowest BCUT2D eigenvalue weighted by molar-refractivity contribution is 0.0772. The summed E-state index contributed by atoms with van der Waals surface area (Å²) < 4.78 is 5.30. The van der Waals surface area contributed by atoms with Crippen molar-refractivity contribution in [2.45, 2.75) is 19.9 Å². The lowest BCUT2D eigenvalue weighted by Gasteiger charge is -2.16. The number of nitrogens with zero attached hydrogens (tertiary/aromatic N) is 2. The molecule has 0 saturated carbocycles. The molecule has 0 atom stereocenters. The number of aromatic hydroxyl groups is 1. The van der Waals surface area contributed by atoms with Crippen LogP contribution in [-0.2, 0) is 13.0 Å². The highest BCUT2D eigenvalue weighted by Gasteiger charge is 2.20. The fourth-order valence-corrected chi connectivity index (χ4v) is 3.34. The molecule has 28 heavy (non-hydrogen) atoms. The molecule has 0 saturated heterocycles. The fraction of sp³-hybridized carbons (Fsp3) is 0.182. The summed E-state index contributed by atoms with van der Waals surface area (Å²) in [5.41, 5.74) is 4.11. The number of benzene rings is 2. The van der Waals surface area contributed by atoms with Gasteiger partial charge in [-0.2, -0.15) is 5.10 Å². The number of hydrogen-bond acceptors (Lipinski definition) is 4. The van der Waals surface area contributed by atoms with Gasteiger partial charge in [0.1, 0.15) is 11.5 Å². The van der Waals surface area contributed by atoms with Crippen molar-refractivity contribution in [1.29, 1.82) is 0 Å². The molecule has 6 nitrogen and oxygen atoms in total. The van der Waals surface area contributed by atoms with E-state index in [4.69, 9.17) is 4.42 Å². The molecule has 0 fully saturated rings. The number of aromatic amines is 1. The largest absolute Gasteiger partial charge is 0.507 e. The van der Waals surface area contributed by atoms with Gasteiger partial charge in [0.2, 0.25) is 0 Å². The third-order valence-electron chi connectivity index (χ3n) is 4.76. The number of rotatable bonds is 5. The number of fused-ring (bicyclic) bond motifs is 1. The second kappa shape index (κ2) is 7.23. The van der Waals surface area contributed by atoms with Crippen molar-refractivity contribution < 1.29 is 14.3 Å². The Labute approximate surface area is 162 Å². The van der Waals surface area contributed by atoms with E-state index in [1.165, 1.54) is 10.5 Å². The van der Waals surface area contributed by atoms with Crippen LogP contribution in [-0.4, -0.2) is 33.2 Å². The van der Waals surface area contributed by atoms with Crippen LogP contribution in [0.2, 0.25) is 0 Å². The number of carbonyl (C=O) groups excluding carboxylic acids is 1. The molecule has 2 aromatic carbocycles. The second-order valence-electron chi connectivity index (χ2n) is 6.99. The van der Waals surface area contributed by atoms with Crippen LogP contribution < -0.4 is 0 Å². The van der Waals surface area contributed by atoms with E-state index in [0.717, 1.165) is 16.6 Å². The van der Waals surface area contributed by atoms with Crippen molar-refractivity contribution >= 4 is 16.8 Å². The van der Waals surface area contributed by atoms with E-state index in [1.807, 2.05) is 12.1 Å². The van der Waals surface area contributed by atoms with E-state index < -0.39 is 0 Å². The molecule has 0 aliphatic heterocycles. The number of H-pyrrole nitrogens is 1. The normalized spacial score (nSPS) is 11.1. The summed E-state index contributed by atoms with van der Waals surface area (Å²) >= 11 is 0. The Bertz CT molecular complexity index is 1130. The topological polar surface area (TPSA) is 82.4 Å². The molecular weight excluding hydrogens is 354 g/mol. The van der Waals surface area contributed by atoms with Crippen molar-refractivity contribution in [3.63, 3.8) is 0 Å². The number of carbonyl (C=O) groups is 1. The van der Waals surface area contributed by atoms with Gasteiger partial charge in [-0.1, -0.05) is 29.8 Å². The Hall–Kier alpha value is -3.54. The molecule has 2 N–H and O–H groups in total. The number of furan rings is 1. The van der Waals surface area contributed by atoms with Crippen LogP contribution in [0.1, 0.15) is 32.9 Å². The fourth-order valence-electron chi connectivity index (χ4n) is 3.34. The standard InChI is InChI=1S/C22H21N3O3/c1-14-5-3-6-15(9-14)10-19-17-11-18(21(26)12-20(17)24-23-19)22(27)25(2)13-16-7-4-8-28-16/h3-9,11-12,26H,10,13H2,1-2H3,(H,23,24). The van der Waals surface area contributed by atoms with E-state index in [-0.39, 0.29) is 17.2 Å². The number of phenols is 1. The van der Waals surface area contributed by atoms with Crippen LogP contribution in [0, 0.1) is 6.92 Å². The first-order chi connectivity index (χ1) is 13.5. The Morgan fingerprint density at radius 1 is 1.21 bits per heavy atom. The van der Waals surface area contributed by atoms with E-state index in [0.29, 0.717) is 24.2 Å². The lowest BCUT2D eigenvalue weighted by atomic mass is 10.0. The van der Waals surface area contributed by atoms with Crippen LogP contribution in [0.25, 0.3) is 10.9 Å². The Morgan fingerprint density at radius 2 is 2.07 bits per heavy atom. The Kier molecular flexibility index (Phi) is 4.61.